The third-order valence-corrected chi connectivity index (χ3v) is 6.94. The summed E-state index contributed by atoms with van der Waals surface area (Å²) in [6.45, 7) is 2.05. The molecule has 1 unspecified atom stereocenters. The standard InChI is InChI=1S/C21H27BrO5S/c1-14-18(22)13-17(28-14)10-9-16(23)8-6-15-7-11-19(24)21(15)27-12-4-2-3-5-20(25)26/h4,6,8,12-13,15,19,21,24H,2-3,5,7,9-11H2,1H3,(H,25,26)/t15-,19?,21+/m0/s1. The summed E-state index contributed by atoms with van der Waals surface area (Å²) in [4.78, 5) is 25.1. The fourth-order valence-corrected chi connectivity index (χ4v) is 4.76. The lowest BCUT2D eigenvalue weighted by molar-refractivity contribution is -0.137. The zero-order chi connectivity index (χ0) is 20.5. The molecule has 0 bridgehead atoms. The number of carboxylic acids is 1. The predicted octanol–water partition coefficient (Wildman–Crippen LogP) is 4.80. The van der Waals surface area contributed by atoms with Crippen molar-refractivity contribution in [3.05, 3.63) is 44.8 Å². The van der Waals surface area contributed by atoms with E-state index >= 15 is 0 Å². The first-order chi connectivity index (χ1) is 13.4. The van der Waals surface area contributed by atoms with Gasteiger partial charge >= 0.3 is 5.97 Å². The van der Waals surface area contributed by atoms with Gasteiger partial charge in [0.15, 0.2) is 5.78 Å². The van der Waals surface area contributed by atoms with Crippen LogP contribution in [0.3, 0.4) is 0 Å². The van der Waals surface area contributed by atoms with E-state index in [1.165, 1.54) is 9.75 Å². The van der Waals surface area contributed by atoms with Crippen LogP contribution in [0.25, 0.3) is 0 Å². The van der Waals surface area contributed by atoms with E-state index in [0.717, 1.165) is 17.3 Å². The topological polar surface area (TPSA) is 83.8 Å². The number of allylic oxidation sites excluding steroid dienone is 2. The van der Waals surface area contributed by atoms with E-state index in [1.807, 2.05) is 13.0 Å². The molecular formula is C21H27BrO5S. The molecule has 5 nitrogen and oxygen atoms in total. The fourth-order valence-electron chi connectivity index (χ4n) is 3.16. The second-order valence-corrected chi connectivity index (χ2v) is 9.20. The van der Waals surface area contributed by atoms with Gasteiger partial charge in [0.2, 0.25) is 0 Å². The van der Waals surface area contributed by atoms with Crippen molar-refractivity contribution in [2.45, 2.75) is 64.1 Å². The molecule has 1 saturated carbocycles. The van der Waals surface area contributed by atoms with Crippen LogP contribution in [0.4, 0.5) is 0 Å². The van der Waals surface area contributed by atoms with Crippen LogP contribution >= 0.6 is 27.3 Å². The van der Waals surface area contributed by atoms with Crippen molar-refractivity contribution in [2.75, 3.05) is 0 Å². The van der Waals surface area contributed by atoms with Gasteiger partial charge in [0.05, 0.1) is 12.4 Å². The van der Waals surface area contributed by atoms with Crippen LogP contribution in [0.2, 0.25) is 0 Å². The van der Waals surface area contributed by atoms with Crippen molar-refractivity contribution in [3.8, 4) is 0 Å². The summed E-state index contributed by atoms with van der Waals surface area (Å²) in [6.07, 6.45) is 9.79. The van der Waals surface area contributed by atoms with E-state index in [9.17, 15) is 14.7 Å². The highest BCUT2D eigenvalue weighted by Gasteiger charge is 2.34. The molecule has 154 valence electrons. The number of rotatable bonds is 11. The van der Waals surface area contributed by atoms with E-state index in [4.69, 9.17) is 9.84 Å². The summed E-state index contributed by atoms with van der Waals surface area (Å²) in [5.41, 5.74) is 0. The molecule has 1 aromatic rings. The number of hydrogen-bond donors (Lipinski definition) is 2. The number of aliphatic hydroxyl groups excluding tert-OH is 1. The van der Waals surface area contributed by atoms with Crippen molar-refractivity contribution in [2.24, 2.45) is 5.92 Å². The van der Waals surface area contributed by atoms with Crippen LogP contribution in [-0.4, -0.2) is 34.2 Å². The van der Waals surface area contributed by atoms with Gasteiger partial charge < -0.3 is 14.9 Å². The van der Waals surface area contributed by atoms with Crippen LogP contribution < -0.4 is 0 Å². The molecule has 28 heavy (non-hydrogen) atoms. The Morgan fingerprint density at radius 3 is 2.82 bits per heavy atom. The lowest BCUT2D eigenvalue weighted by atomic mass is 10.0. The molecule has 2 rings (SSSR count). The Bertz CT molecular complexity index is 705. The van der Waals surface area contributed by atoms with Gasteiger partial charge in [-0.3, -0.25) is 9.59 Å². The van der Waals surface area contributed by atoms with E-state index in [1.54, 1.807) is 29.8 Å². The first-order valence-corrected chi connectivity index (χ1v) is 11.1. The molecule has 1 aliphatic carbocycles. The van der Waals surface area contributed by atoms with Crippen LogP contribution in [-0.2, 0) is 20.7 Å². The summed E-state index contributed by atoms with van der Waals surface area (Å²) >= 11 is 5.19. The Hall–Kier alpha value is -1.44. The molecule has 3 atom stereocenters. The maximum atomic E-state index is 12.2. The number of carbonyl (C=O) groups is 2. The monoisotopic (exact) mass is 470 g/mol. The van der Waals surface area contributed by atoms with E-state index < -0.39 is 12.1 Å². The highest BCUT2D eigenvalue weighted by atomic mass is 79.9. The van der Waals surface area contributed by atoms with Gasteiger partial charge in [-0.15, -0.1) is 11.3 Å². The summed E-state index contributed by atoms with van der Waals surface area (Å²) in [6, 6.07) is 2.07. The molecule has 0 aliphatic heterocycles. The minimum absolute atomic E-state index is 0.000691. The van der Waals surface area contributed by atoms with Gasteiger partial charge in [-0.05, 0) is 73.2 Å². The molecule has 0 spiro atoms. The van der Waals surface area contributed by atoms with Crippen molar-refractivity contribution >= 4 is 39.0 Å². The number of ketones is 1. The summed E-state index contributed by atoms with van der Waals surface area (Å²) in [7, 11) is 0. The predicted molar refractivity (Wildman–Crippen MR) is 113 cm³/mol. The molecule has 7 heteroatoms. The average molecular weight is 471 g/mol. The number of carboxylic acid groups (broad SMARTS) is 1. The Kier molecular flexibility index (Phi) is 9.41. The Morgan fingerprint density at radius 2 is 2.14 bits per heavy atom. The second-order valence-electron chi connectivity index (χ2n) is 7.01. The first-order valence-electron chi connectivity index (χ1n) is 9.53. The summed E-state index contributed by atoms with van der Waals surface area (Å²) in [5.74, 6) is -0.732. The highest BCUT2D eigenvalue weighted by molar-refractivity contribution is 9.10. The number of unbranched alkanes of at least 4 members (excludes halogenated alkanes) is 1. The van der Waals surface area contributed by atoms with Crippen LogP contribution in [0.1, 0.15) is 48.3 Å². The average Bonchev–Trinajstić information content (AvgIpc) is 3.16. The van der Waals surface area contributed by atoms with Crippen LogP contribution in [0, 0.1) is 12.8 Å². The molecule has 1 heterocycles. The zero-order valence-corrected chi connectivity index (χ0v) is 18.4. The molecule has 0 amide bonds. The summed E-state index contributed by atoms with van der Waals surface area (Å²) < 4.78 is 6.76. The van der Waals surface area contributed by atoms with Crippen molar-refractivity contribution < 1.29 is 24.5 Å². The van der Waals surface area contributed by atoms with Crippen LogP contribution in [0.5, 0.6) is 0 Å². The first kappa shape index (κ1) is 22.8. The fraction of sp³-hybridized carbons (Fsp3) is 0.524. The number of aliphatic hydroxyl groups is 1. The number of ether oxygens (including phenoxy) is 1. The molecule has 0 saturated heterocycles. The quantitative estimate of drug-likeness (QED) is 0.275. The number of aliphatic carboxylic acids is 1. The van der Waals surface area contributed by atoms with Crippen LogP contribution in [0.15, 0.2) is 35.0 Å². The normalized spacial score (nSPS) is 22.3. The van der Waals surface area contributed by atoms with Gasteiger partial charge in [0.25, 0.3) is 0 Å². The third kappa shape index (κ3) is 7.53. The van der Waals surface area contributed by atoms with E-state index in [2.05, 4.69) is 22.0 Å². The SMILES string of the molecule is Cc1sc(CCC(=O)C=C[C@H]2CCC(O)[C@@H]2OC=CCCCC(=O)O)cc1Br. The van der Waals surface area contributed by atoms with Gasteiger partial charge in [-0.1, -0.05) is 6.08 Å². The lowest BCUT2D eigenvalue weighted by Crippen LogP contribution is -2.26. The Labute approximate surface area is 178 Å². The molecule has 0 aromatic carbocycles. The zero-order valence-electron chi connectivity index (χ0n) is 16.0. The molecule has 2 N–H and O–H groups in total. The van der Waals surface area contributed by atoms with Gasteiger partial charge in [-0.25, -0.2) is 0 Å². The van der Waals surface area contributed by atoms with E-state index in [0.29, 0.717) is 25.7 Å². The van der Waals surface area contributed by atoms with Crippen molar-refractivity contribution in [3.63, 3.8) is 0 Å². The highest BCUT2D eigenvalue weighted by Crippen LogP contribution is 2.30. The minimum atomic E-state index is -0.808. The molecule has 1 fully saturated rings. The smallest absolute Gasteiger partial charge is 0.303 e. The Balaban J connectivity index is 1.77. The number of aryl methyl sites for hydroxylation is 2. The third-order valence-electron chi connectivity index (χ3n) is 4.75. The Morgan fingerprint density at radius 1 is 1.36 bits per heavy atom. The second kappa shape index (κ2) is 11.5. The van der Waals surface area contributed by atoms with Gasteiger partial charge in [0, 0.05) is 33.0 Å². The summed E-state index contributed by atoms with van der Waals surface area (Å²) in [5, 5.41) is 18.7. The van der Waals surface area contributed by atoms with Crippen molar-refractivity contribution in [1.29, 1.82) is 0 Å². The number of hydrogen-bond acceptors (Lipinski definition) is 5. The molecule has 1 aromatic heterocycles. The molecular weight excluding hydrogens is 444 g/mol. The minimum Gasteiger partial charge on any atom is -0.495 e. The maximum Gasteiger partial charge on any atom is 0.303 e. The maximum absolute atomic E-state index is 12.2. The lowest BCUT2D eigenvalue weighted by Gasteiger charge is -2.19. The molecule has 1 aliphatic rings. The van der Waals surface area contributed by atoms with Gasteiger partial charge in [0.1, 0.15) is 6.10 Å². The van der Waals surface area contributed by atoms with Gasteiger partial charge in [-0.2, -0.15) is 0 Å². The number of carbonyl (C=O) groups excluding carboxylic acids is 1. The number of halogens is 1. The molecule has 0 radical (unpaired) electrons. The number of thiophene rings is 1. The van der Waals surface area contributed by atoms with Crippen molar-refractivity contribution in [1.82, 2.24) is 0 Å². The van der Waals surface area contributed by atoms with E-state index in [-0.39, 0.29) is 24.2 Å². The largest absolute Gasteiger partial charge is 0.495 e.